The van der Waals surface area contributed by atoms with Crippen LogP contribution < -0.4 is 5.32 Å². The lowest BCUT2D eigenvalue weighted by molar-refractivity contribution is -0.137. The first kappa shape index (κ1) is 23.7. The number of carbonyl (C=O) groups is 1. The van der Waals surface area contributed by atoms with Gasteiger partial charge >= 0.3 is 6.18 Å². The Morgan fingerprint density at radius 3 is 2.28 bits per heavy atom. The number of thioether (sulfide) groups is 1. The lowest BCUT2D eigenvalue weighted by Gasteiger charge is -2.20. The zero-order valence-electron chi connectivity index (χ0n) is 17.5. The first-order valence-corrected chi connectivity index (χ1v) is 10.5. The number of amides is 1. The zero-order valence-corrected chi connectivity index (χ0v) is 18.3. The van der Waals surface area contributed by atoms with Crippen LogP contribution in [0.1, 0.15) is 24.4 Å². The maximum atomic E-state index is 13.4. The molecular formula is C21H21F4N5OS. The van der Waals surface area contributed by atoms with E-state index in [0.29, 0.717) is 16.7 Å². The van der Waals surface area contributed by atoms with Crippen LogP contribution in [-0.4, -0.2) is 45.4 Å². The number of rotatable bonds is 7. The number of nitrogens with one attached hydrogen (secondary N) is 1. The van der Waals surface area contributed by atoms with Crippen LogP contribution >= 0.6 is 11.8 Å². The Kier molecular flexibility index (Phi) is 7.19. The number of anilines is 1. The van der Waals surface area contributed by atoms with Gasteiger partial charge in [-0.3, -0.25) is 14.3 Å². The molecule has 3 rings (SSSR count). The number of hydrogen-bond acceptors (Lipinski definition) is 5. The average Bonchev–Trinajstić information content (AvgIpc) is 3.15. The molecule has 0 saturated carbocycles. The highest BCUT2D eigenvalue weighted by molar-refractivity contribution is 7.99. The summed E-state index contributed by atoms with van der Waals surface area (Å²) in [4.78, 5) is 14.3. The Bertz CT molecular complexity index is 1070. The van der Waals surface area contributed by atoms with Crippen LogP contribution in [-0.2, 0) is 11.0 Å². The van der Waals surface area contributed by atoms with E-state index in [-0.39, 0.29) is 23.3 Å². The Morgan fingerprint density at radius 2 is 1.72 bits per heavy atom. The fraction of sp³-hybridized carbons (Fsp3) is 0.286. The van der Waals surface area contributed by atoms with Crippen molar-refractivity contribution in [2.24, 2.45) is 0 Å². The first-order valence-electron chi connectivity index (χ1n) is 9.54. The van der Waals surface area contributed by atoms with E-state index in [1.54, 1.807) is 16.7 Å². The molecule has 0 radical (unpaired) electrons. The van der Waals surface area contributed by atoms with Crippen molar-refractivity contribution in [3.8, 4) is 5.69 Å². The maximum Gasteiger partial charge on any atom is 0.416 e. The minimum atomic E-state index is -4.44. The molecule has 2 aromatic carbocycles. The first-order chi connectivity index (χ1) is 15.1. The number of nitrogens with zero attached hydrogens (tertiary/aromatic N) is 4. The molecule has 0 aliphatic heterocycles. The van der Waals surface area contributed by atoms with Crippen molar-refractivity contribution >= 4 is 23.4 Å². The maximum absolute atomic E-state index is 13.4. The summed E-state index contributed by atoms with van der Waals surface area (Å²) in [6.07, 6.45) is -4.44. The van der Waals surface area contributed by atoms with Crippen molar-refractivity contribution in [1.82, 2.24) is 19.7 Å². The zero-order chi connectivity index (χ0) is 23.5. The molecule has 6 nitrogen and oxygen atoms in total. The molecule has 0 unspecified atom stereocenters. The van der Waals surface area contributed by atoms with Crippen LogP contribution in [0.3, 0.4) is 0 Å². The van der Waals surface area contributed by atoms with Crippen LogP contribution in [0.25, 0.3) is 5.69 Å². The predicted octanol–water partition coefficient (Wildman–Crippen LogP) is 4.78. The molecule has 1 amide bonds. The number of halogens is 4. The van der Waals surface area contributed by atoms with Crippen molar-refractivity contribution in [3.05, 3.63) is 65.7 Å². The third kappa shape index (κ3) is 5.65. The summed E-state index contributed by atoms with van der Waals surface area (Å²) in [6, 6.07) is 9.94. The van der Waals surface area contributed by atoms with Gasteiger partial charge in [0, 0.05) is 11.4 Å². The topological polar surface area (TPSA) is 63.1 Å². The van der Waals surface area contributed by atoms with Gasteiger partial charge in [-0.25, -0.2) is 4.39 Å². The molecule has 32 heavy (non-hydrogen) atoms. The molecule has 170 valence electrons. The van der Waals surface area contributed by atoms with E-state index in [1.807, 2.05) is 25.9 Å². The largest absolute Gasteiger partial charge is 0.416 e. The Morgan fingerprint density at radius 1 is 1.09 bits per heavy atom. The Hall–Kier alpha value is -2.92. The molecule has 0 aliphatic rings. The standard InChI is InChI=1S/C21H21F4N5OS/c1-13(29(2)3)19-27-28-20(30(19)17-10-6-15(22)7-11-17)32-12-18(31)26-16-8-4-14(5-9-16)21(23,24)25/h4-11,13H,12H2,1-3H3,(H,26,31)/t13-/m1/s1. The normalized spacial score (nSPS) is 12.8. The summed E-state index contributed by atoms with van der Waals surface area (Å²) < 4.78 is 53.2. The van der Waals surface area contributed by atoms with Gasteiger partial charge in [-0.1, -0.05) is 11.8 Å². The highest BCUT2D eigenvalue weighted by Crippen LogP contribution is 2.30. The second-order valence-corrected chi connectivity index (χ2v) is 8.15. The minimum Gasteiger partial charge on any atom is -0.325 e. The van der Waals surface area contributed by atoms with Gasteiger partial charge in [0.25, 0.3) is 0 Å². The number of benzene rings is 2. The highest BCUT2D eigenvalue weighted by atomic mass is 32.2. The van der Waals surface area contributed by atoms with Crippen molar-refractivity contribution in [2.45, 2.75) is 24.3 Å². The van der Waals surface area contributed by atoms with E-state index in [9.17, 15) is 22.4 Å². The summed E-state index contributed by atoms with van der Waals surface area (Å²) in [5, 5.41) is 11.4. The van der Waals surface area contributed by atoms with Gasteiger partial charge in [-0.15, -0.1) is 10.2 Å². The second kappa shape index (κ2) is 9.70. The third-order valence-corrected chi connectivity index (χ3v) is 5.65. The molecule has 3 aromatic rings. The van der Waals surface area contributed by atoms with Gasteiger partial charge in [-0.2, -0.15) is 13.2 Å². The average molecular weight is 467 g/mol. The van der Waals surface area contributed by atoms with Gasteiger partial charge in [0.1, 0.15) is 5.82 Å². The van der Waals surface area contributed by atoms with Gasteiger partial charge in [0.05, 0.1) is 17.4 Å². The van der Waals surface area contributed by atoms with Crippen molar-refractivity contribution < 1.29 is 22.4 Å². The molecule has 1 atom stereocenters. The number of hydrogen-bond donors (Lipinski definition) is 1. The highest BCUT2D eigenvalue weighted by Gasteiger charge is 2.30. The van der Waals surface area contributed by atoms with Crippen LogP contribution in [0.5, 0.6) is 0 Å². The summed E-state index contributed by atoms with van der Waals surface area (Å²) >= 11 is 1.12. The van der Waals surface area contributed by atoms with Crippen LogP contribution in [0, 0.1) is 5.82 Å². The number of alkyl halides is 3. The molecule has 11 heteroatoms. The third-order valence-electron chi connectivity index (χ3n) is 4.72. The van der Waals surface area contributed by atoms with Crippen LogP contribution in [0.4, 0.5) is 23.2 Å². The fourth-order valence-corrected chi connectivity index (χ4v) is 3.54. The van der Waals surface area contributed by atoms with Crippen molar-refractivity contribution in [3.63, 3.8) is 0 Å². The smallest absolute Gasteiger partial charge is 0.325 e. The van der Waals surface area contributed by atoms with Crippen LogP contribution in [0.2, 0.25) is 0 Å². The molecule has 0 aliphatic carbocycles. The Balaban J connectivity index is 1.75. The van der Waals surface area contributed by atoms with Gasteiger partial charge in [0.15, 0.2) is 11.0 Å². The number of aromatic nitrogens is 3. The molecule has 0 saturated heterocycles. The minimum absolute atomic E-state index is 0.0449. The molecule has 1 aromatic heterocycles. The van der Waals surface area contributed by atoms with E-state index in [0.717, 1.165) is 23.9 Å². The Labute approximate surface area is 186 Å². The summed E-state index contributed by atoms with van der Waals surface area (Å²) in [5.74, 6) is -0.219. The molecule has 0 bridgehead atoms. The van der Waals surface area contributed by atoms with Gasteiger partial charge < -0.3 is 5.32 Å². The second-order valence-electron chi connectivity index (χ2n) is 7.20. The van der Waals surface area contributed by atoms with E-state index in [2.05, 4.69) is 15.5 Å². The van der Waals surface area contributed by atoms with Crippen LogP contribution in [0.15, 0.2) is 53.7 Å². The summed E-state index contributed by atoms with van der Waals surface area (Å²) in [5.41, 5.74) is 0.107. The van der Waals surface area contributed by atoms with Crippen molar-refractivity contribution in [1.29, 1.82) is 0 Å². The lowest BCUT2D eigenvalue weighted by atomic mass is 10.2. The monoisotopic (exact) mass is 467 g/mol. The molecule has 1 heterocycles. The molecule has 0 spiro atoms. The number of carbonyl (C=O) groups excluding carboxylic acids is 1. The summed E-state index contributed by atoms with van der Waals surface area (Å²) in [7, 11) is 3.78. The molecular weight excluding hydrogens is 446 g/mol. The fourth-order valence-electron chi connectivity index (χ4n) is 2.78. The van der Waals surface area contributed by atoms with Crippen molar-refractivity contribution in [2.75, 3.05) is 25.2 Å². The van der Waals surface area contributed by atoms with Gasteiger partial charge in [0.2, 0.25) is 5.91 Å². The SMILES string of the molecule is C[C@H](c1nnc(SCC(=O)Nc2ccc(C(F)(F)F)cc2)n1-c1ccc(F)cc1)N(C)C. The summed E-state index contributed by atoms with van der Waals surface area (Å²) in [6.45, 7) is 1.94. The van der Waals surface area contributed by atoms with E-state index >= 15 is 0 Å². The molecule has 1 N–H and O–H groups in total. The molecule has 0 fully saturated rings. The predicted molar refractivity (Wildman–Crippen MR) is 114 cm³/mol. The van der Waals surface area contributed by atoms with Gasteiger partial charge in [-0.05, 0) is 69.6 Å². The van der Waals surface area contributed by atoms with E-state index in [4.69, 9.17) is 0 Å². The van der Waals surface area contributed by atoms with E-state index in [1.165, 1.54) is 24.3 Å². The van der Waals surface area contributed by atoms with E-state index < -0.39 is 17.6 Å². The lowest BCUT2D eigenvalue weighted by Crippen LogP contribution is -2.21. The quantitative estimate of drug-likeness (QED) is 0.400.